The summed E-state index contributed by atoms with van der Waals surface area (Å²) < 4.78 is 0. The minimum absolute atomic E-state index is 0.0303. The first-order valence-corrected chi connectivity index (χ1v) is 10.2. The minimum Gasteiger partial charge on any atom is -0.366 e. The molecule has 3 N–H and O–H groups in total. The van der Waals surface area contributed by atoms with Crippen LogP contribution >= 0.6 is 22.7 Å². The van der Waals surface area contributed by atoms with Crippen molar-refractivity contribution >= 4 is 34.5 Å². The largest absolute Gasteiger partial charge is 0.366 e. The van der Waals surface area contributed by atoms with Crippen LogP contribution in [0.5, 0.6) is 0 Å². The van der Waals surface area contributed by atoms with Gasteiger partial charge in [-0.1, -0.05) is 32.9 Å². The summed E-state index contributed by atoms with van der Waals surface area (Å²) >= 11 is 3.13. The molecule has 0 unspecified atom stereocenters. The molecule has 0 saturated carbocycles. The first-order valence-electron chi connectivity index (χ1n) is 8.47. The first kappa shape index (κ1) is 19.3. The maximum absolute atomic E-state index is 12.0. The van der Waals surface area contributed by atoms with Crippen molar-refractivity contribution in [2.24, 2.45) is 11.1 Å². The van der Waals surface area contributed by atoms with Crippen LogP contribution in [0.2, 0.25) is 0 Å². The third kappa shape index (κ3) is 4.61. The Balaban J connectivity index is 1.74. The van der Waals surface area contributed by atoms with Crippen molar-refractivity contribution in [1.29, 1.82) is 0 Å². The quantitative estimate of drug-likeness (QED) is 0.671. The van der Waals surface area contributed by atoms with Gasteiger partial charge in [-0.25, -0.2) is 4.98 Å². The summed E-state index contributed by atoms with van der Waals surface area (Å²) in [6.07, 6.45) is 0. The van der Waals surface area contributed by atoms with Crippen molar-refractivity contribution in [3.05, 3.63) is 52.2 Å². The minimum atomic E-state index is -0.450. The van der Waals surface area contributed by atoms with Gasteiger partial charge in [0.1, 0.15) is 5.01 Å². The van der Waals surface area contributed by atoms with E-state index in [2.05, 4.69) is 10.3 Å². The predicted octanol–water partition coefficient (Wildman–Crippen LogP) is 4.30. The number of thiophene rings is 1. The van der Waals surface area contributed by atoms with E-state index in [1.165, 1.54) is 11.3 Å². The zero-order valence-corrected chi connectivity index (χ0v) is 17.0. The molecule has 140 valence electrons. The fraction of sp³-hybridized carbons (Fsp3) is 0.250. The molecule has 3 aromatic rings. The van der Waals surface area contributed by atoms with Gasteiger partial charge >= 0.3 is 0 Å². The van der Waals surface area contributed by atoms with Gasteiger partial charge in [0.2, 0.25) is 11.8 Å². The van der Waals surface area contributed by atoms with Gasteiger partial charge in [-0.3, -0.25) is 9.59 Å². The number of hydrogen-bond donors (Lipinski definition) is 2. The smallest absolute Gasteiger partial charge is 0.248 e. The number of rotatable bonds is 5. The molecule has 0 bridgehead atoms. The van der Waals surface area contributed by atoms with Crippen molar-refractivity contribution in [3.63, 3.8) is 0 Å². The van der Waals surface area contributed by atoms with Crippen LogP contribution < -0.4 is 11.1 Å². The summed E-state index contributed by atoms with van der Waals surface area (Å²) in [5.74, 6) is -0.420. The number of hydrogen-bond acceptors (Lipinski definition) is 5. The number of primary amides is 1. The van der Waals surface area contributed by atoms with Crippen LogP contribution in [0.3, 0.4) is 0 Å². The lowest BCUT2D eigenvalue weighted by molar-refractivity contribution is -0.128. The molecule has 0 saturated heterocycles. The molecule has 2 heterocycles. The Morgan fingerprint density at radius 3 is 2.67 bits per heavy atom. The molecule has 0 radical (unpaired) electrons. The third-order valence-corrected chi connectivity index (χ3v) is 5.92. The van der Waals surface area contributed by atoms with E-state index < -0.39 is 11.3 Å². The van der Waals surface area contributed by atoms with Crippen molar-refractivity contribution in [1.82, 2.24) is 10.3 Å². The molecular formula is C20H21N3O2S2. The molecule has 0 aliphatic rings. The molecule has 5 nitrogen and oxygen atoms in total. The topological polar surface area (TPSA) is 85.1 Å². The van der Waals surface area contributed by atoms with Crippen molar-refractivity contribution in [2.75, 3.05) is 0 Å². The third-order valence-electron chi connectivity index (χ3n) is 3.92. The molecule has 27 heavy (non-hydrogen) atoms. The monoisotopic (exact) mass is 399 g/mol. The van der Waals surface area contributed by atoms with E-state index in [-0.39, 0.29) is 5.91 Å². The van der Waals surface area contributed by atoms with Gasteiger partial charge in [0.05, 0.1) is 17.1 Å². The molecule has 2 amide bonds. The fourth-order valence-electron chi connectivity index (χ4n) is 2.37. The molecular weight excluding hydrogens is 378 g/mol. The second kappa shape index (κ2) is 7.62. The molecule has 1 aromatic carbocycles. The SMILES string of the molecule is CC(C)(C)C(=O)NCc1ccc(-c2csc(-c3cccc(C(N)=O)c3)n2)s1. The number of carbonyl (C=O) groups excluding carboxylic acids is 2. The highest BCUT2D eigenvalue weighted by molar-refractivity contribution is 7.16. The van der Waals surface area contributed by atoms with Crippen molar-refractivity contribution < 1.29 is 9.59 Å². The lowest BCUT2D eigenvalue weighted by atomic mass is 9.96. The highest BCUT2D eigenvalue weighted by Crippen LogP contribution is 2.33. The van der Waals surface area contributed by atoms with E-state index in [0.717, 1.165) is 26.0 Å². The number of amides is 2. The second-order valence-electron chi connectivity index (χ2n) is 7.18. The van der Waals surface area contributed by atoms with Gasteiger partial charge in [-0.05, 0) is 24.3 Å². The zero-order valence-electron chi connectivity index (χ0n) is 15.4. The van der Waals surface area contributed by atoms with Gasteiger partial charge < -0.3 is 11.1 Å². The Morgan fingerprint density at radius 2 is 1.96 bits per heavy atom. The highest BCUT2D eigenvalue weighted by Gasteiger charge is 2.20. The second-order valence-corrected chi connectivity index (χ2v) is 9.21. The van der Waals surface area contributed by atoms with E-state index in [1.807, 2.05) is 44.4 Å². The number of carbonyl (C=O) groups is 2. The summed E-state index contributed by atoms with van der Waals surface area (Å²) in [7, 11) is 0. The van der Waals surface area contributed by atoms with Crippen LogP contribution in [0.15, 0.2) is 41.8 Å². The Morgan fingerprint density at radius 1 is 1.19 bits per heavy atom. The fourth-order valence-corrected chi connectivity index (χ4v) is 4.17. The van der Waals surface area contributed by atoms with Crippen LogP contribution in [0.4, 0.5) is 0 Å². The maximum atomic E-state index is 12.0. The summed E-state index contributed by atoms with van der Waals surface area (Å²) in [4.78, 5) is 30.2. The predicted molar refractivity (Wildman–Crippen MR) is 111 cm³/mol. The highest BCUT2D eigenvalue weighted by atomic mass is 32.1. The van der Waals surface area contributed by atoms with E-state index in [0.29, 0.717) is 12.1 Å². The van der Waals surface area contributed by atoms with Crippen LogP contribution in [0, 0.1) is 5.41 Å². The molecule has 0 spiro atoms. The Hall–Kier alpha value is -2.51. The summed E-state index contributed by atoms with van der Waals surface area (Å²) in [5.41, 5.74) is 7.18. The number of nitrogens with one attached hydrogen (secondary N) is 1. The van der Waals surface area contributed by atoms with E-state index in [4.69, 9.17) is 5.73 Å². The molecule has 7 heteroatoms. The Bertz CT molecular complexity index is 983. The van der Waals surface area contributed by atoms with E-state index >= 15 is 0 Å². The maximum Gasteiger partial charge on any atom is 0.248 e. The lowest BCUT2D eigenvalue weighted by Gasteiger charge is -2.17. The molecule has 0 aliphatic carbocycles. The van der Waals surface area contributed by atoms with Crippen LogP contribution in [0.25, 0.3) is 21.1 Å². The van der Waals surface area contributed by atoms with Gasteiger partial charge in [0.25, 0.3) is 0 Å². The molecule has 0 fully saturated rings. The lowest BCUT2D eigenvalue weighted by Crippen LogP contribution is -2.34. The summed E-state index contributed by atoms with van der Waals surface area (Å²) in [5, 5.41) is 5.79. The molecule has 0 aliphatic heterocycles. The molecule has 2 aromatic heterocycles. The molecule has 0 atom stereocenters. The van der Waals surface area contributed by atoms with Crippen LogP contribution in [-0.4, -0.2) is 16.8 Å². The average Bonchev–Trinajstić information content (AvgIpc) is 3.28. The van der Waals surface area contributed by atoms with Crippen LogP contribution in [0.1, 0.15) is 36.0 Å². The number of aromatic nitrogens is 1. The van der Waals surface area contributed by atoms with E-state index in [1.54, 1.807) is 29.5 Å². The number of thiazole rings is 1. The summed E-state index contributed by atoms with van der Waals surface area (Å²) in [6.45, 7) is 6.20. The van der Waals surface area contributed by atoms with E-state index in [9.17, 15) is 9.59 Å². The number of benzene rings is 1. The molecule has 3 rings (SSSR count). The Labute approximate surface area is 166 Å². The average molecular weight is 400 g/mol. The zero-order chi connectivity index (χ0) is 19.6. The van der Waals surface area contributed by atoms with Gasteiger partial charge in [-0.15, -0.1) is 22.7 Å². The standard InChI is InChI=1S/C20H21N3O2S2/c1-20(2,3)19(25)22-10-14-7-8-16(27-14)15-11-26-18(23-15)13-6-4-5-12(9-13)17(21)24/h4-9,11H,10H2,1-3H3,(H2,21,24)(H,22,25). The van der Waals surface area contributed by atoms with Gasteiger partial charge in [0.15, 0.2) is 0 Å². The van der Waals surface area contributed by atoms with Crippen LogP contribution in [-0.2, 0) is 11.3 Å². The van der Waals surface area contributed by atoms with Gasteiger partial charge in [-0.2, -0.15) is 0 Å². The van der Waals surface area contributed by atoms with Crippen molar-refractivity contribution in [2.45, 2.75) is 27.3 Å². The summed E-state index contributed by atoms with van der Waals surface area (Å²) in [6, 6.07) is 11.2. The van der Waals surface area contributed by atoms with Gasteiger partial charge in [0, 0.05) is 26.8 Å². The Kier molecular flexibility index (Phi) is 5.43. The van der Waals surface area contributed by atoms with Crippen molar-refractivity contribution in [3.8, 4) is 21.1 Å². The first-order chi connectivity index (χ1) is 12.7. The number of nitrogens with two attached hydrogens (primary N) is 1. The number of nitrogens with zero attached hydrogens (tertiary/aromatic N) is 1. The normalized spacial score (nSPS) is 11.4.